The summed E-state index contributed by atoms with van der Waals surface area (Å²) >= 11 is 0. The number of hydrogen-bond acceptors (Lipinski definition) is 2. The molecule has 0 radical (unpaired) electrons. The van der Waals surface area contributed by atoms with E-state index in [4.69, 9.17) is 5.11 Å². The minimum Gasteiger partial charge on any atom is -0.396 e. The van der Waals surface area contributed by atoms with Gasteiger partial charge in [-0.2, -0.15) is 0 Å². The number of benzene rings is 1. The Balaban J connectivity index is 2.48. The van der Waals surface area contributed by atoms with Crippen LogP contribution >= 0.6 is 0 Å². The molecule has 1 atom stereocenters. The van der Waals surface area contributed by atoms with E-state index in [9.17, 15) is 5.11 Å². The molecule has 2 N–H and O–H groups in total. The van der Waals surface area contributed by atoms with Crippen molar-refractivity contribution < 1.29 is 10.2 Å². The van der Waals surface area contributed by atoms with E-state index < -0.39 is 0 Å². The first-order valence-electron chi connectivity index (χ1n) is 6.21. The van der Waals surface area contributed by atoms with Gasteiger partial charge in [-0.05, 0) is 31.7 Å². The zero-order valence-electron chi connectivity index (χ0n) is 10.5. The number of aryl methyl sites for hydroxylation is 1. The van der Waals surface area contributed by atoms with Gasteiger partial charge in [-0.3, -0.25) is 0 Å². The third-order valence-corrected chi connectivity index (χ3v) is 2.89. The number of aliphatic hydroxyl groups is 2. The Labute approximate surface area is 104 Å². The fraction of sp³-hybridized carbons (Fsp3) is 0.467. The fourth-order valence-electron chi connectivity index (χ4n) is 1.74. The number of aliphatic hydroxyl groups excluding tert-OH is 2. The van der Waals surface area contributed by atoms with Crippen LogP contribution in [-0.4, -0.2) is 23.4 Å². The van der Waals surface area contributed by atoms with Crippen molar-refractivity contribution in [1.29, 1.82) is 0 Å². The van der Waals surface area contributed by atoms with Crippen LogP contribution < -0.4 is 0 Å². The monoisotopic (exact) mass is 234 g/mol. The van der Waals surface area contributed by atoms with Crippen LogP contribution in [0.1, 0.15) is 36.3 Å². The second-order valence-corrected chi connectivity index (χ2v) is 4.36. The quantitative estimate of drug-likeness (QED) is 0.562. The van der Waals surface area contributed by atoms with Gasteiger partial charge in [0.1, 0.15) is 0 Å². The summed E-state index contributed by atoms with van der Waals surface area (Å²) in [5.74, 6) is 0.181. The van der Waals surface area contributed by atoms with Gasteiger partial charge in [-0.25, -0.2) is 0 Å². The van der Waals surface area contributed by atoms with Crippen LogP contribution in [0.4, 0.5) is 0 Å². The second kappa shape index (κ2) is 8.04. The lowest BCUT2D eigenvalue weighted by molar-refractivity contribution is 0.265. The van der Waals surface area contributed by atoms with Crippen LogP contribution in [0.15, 0.2) is 36.4 Å². The van der Waals surface area contributed by atoms with Gasteiger partial charge in [0, 0.05) is 12.5 Å². The highest BCUT2D eigenvalue weighted by Gasteiger charge is 2.07. The molecule has 2 heteroatoms. The normalized spacial score (nSPS) is 13.1. The summed E-state index contributed by atoms with van der Waals surface area (Å²) in [5, 5.41) is 18.0. The first-order valence-corrected chi connectivity index (χ1v) is 6.21. The Hall–Kier alpha value is -1.12. The Bertz CT molecular complexity index is 327. The predicted molar refractivity (Wildman–Crippen MR) is 71.1 cm³/mol. The Morgan fingerprint density at radius 1 is 1.12 bits per heavy atom. The molecule has 0 aromatic heterocycles. The summed E-state index contributed by atoms with van der Waals surface area (Å²) < 4.78 is 0. The molecule has 0 aliphatic carbocycles. The van der Waals surface area contributed by atoms with E-state index in [-0.39, 0.29) is 19.1 Å². The number of allylic oxidation sites excluding steroid dienone is 2. The number of rotatable bonds is 7. The van der Waals surface area contributed by atoms with Crippen LogP contribution in [-0.2, 0) is 0 Å². The van der Waals surface area contributed by atoms with Crippen LogP contribution in [0, 0.1) is 6.92 Å². The molecule has 1 rings (SSSR count). The topological polar surface area (TPSA) is 40.5 Å². The predicted octanol–water partition coefficient (Wildman–Crippen LogP) is 2.79. The average molecular weight is 234 g/mol. The Morgan fingerprint density at radius 2 is 1.82 bits per heavy atom. The highest BCUT2D eigenvalue weighted by molar-refractivity contribution is 5.25. The third-order valence-electron chi connectivity index (χ3n) is 2.89. The largest absolute Gasteiger partial charge is 0.396 e. The zero-order chi connectivity index (χ0) is 12.5. The van der Waals surface area contributed by atoms with E-state index in [1.807, 2.05) is 0 Å². The van der Waals surface area contributed by atoms with E-state index >= 15 is 0 Å². The first-order chi connectivity index (χ1) is 8.27. The molecule has 0 heterocycles. The molecule has 94 valence electrons. The van der Waals surface area contributed by atoms with Gasteiger partial charge in [0.25, 0.3) is 0 Å². The van der Waals surface area contributed by atoms with Crippen LogP contribution in [0.2, 0.25) is 0 Å². The fourth-order valence-corrected chi connectivity index (χ4v) is 1.74. The van der Waals surface area contributed by atoms with E-state index in [1.54, 1.807) is 0 Å². The molecule has 0 aliphatic heterocycles. The van der Waals surface area contributed by atoms with Crippen molar-refractivity contribution >= 4 is 0 Å². The summed E-state index contributed by atoms with van der Waals surface area (Å²) in [6.45, 7) is 2.48. The van der Waals surface area contributed by atoms with Crippen LogP contribution in [0.3, 0.4) is 0 Å². The molecular weight excluding hydrogens is 212 g/mol. The summed E-state index contributed by atoms with van der Waals surface area (Å²) in [6, 6.07) is 8.32. The molecule has 0 amide bonds. The molecule has 17 heavy (non-hydrogen) atoms. The van der Waals surface area contributed by atoms with Crippen molar-refractivity contribution in [3.8, 4) is 0 Å². The van der Waals surface area contributed by atoms with Crippen molar-refractivity contribution in [2.75, 3.05) is 13.2 Å². The highest BCUT2D eigenvalue weighted by Crippen LogP contribution is 2.20. The lowest BCUT2D eigenvalue weighted by atomic mass is 9.95. The molecule has 0 saturated heterocycles. The van der Waals surface area contributed by atoms with Gasteiger partial charge in [0.2, 0.25) is 0 Å². The maximum absolute atomic E-state index is 9.38. The molecular formula is C15H22O2. The van der Waals surface area contributed by atoms with Crippen LogP contribution in [0.5, 0.6) is 0 Å². The Morgan fingerprint density at radius 3 is 2.41 bits per heavy atom. The molecule has 0 fully saturated rings. The van der Waals surface area contributed by atoms with Crippen molar-refractivity contribution in [3.05, 3.63) is 47.5 Å². The van der Waals surface area contributed by atoms with Crippen LogP contribution in [0.25, 0.3) is 0 Å². The summed E-state index contributed by atoms with van der Waals surface area (Å²) in [4.78, 5) is 0. The summed E-state index contributed by atoms with van der Waals surface area (Å²) in [5.41, 5.74) is 2.42. The summed E-state index contributed by atoms with van der Waals surface area (Å²) in [6.07, 6.45) is 6.74. The first kappa shape index (κ1) is 13.9. The van der Waals surface area contributed by atoms with Crippen molar-refractivity contribution in [2.24, 2.45) is 0 Å². The lowest BCUT2D eigenvalue weighted by Crippen LogP contribution is -2.02. The van der Waals surface area contributed by atoms with Crippen molar-refractivity contribution in [2.45, 2.75) is 32.1 Å². The van der Waals surface area contributed by atoms with Gasteiger partial charge in [-0.1, -0.05) is 42.0 Å². The minimum atomic E-state index is 0.174. The van der Waals surface area contributed by atoms with E-state index in [0.29, 0.717) is 0 Å². The molecule has 1 unspecified atom stereocenters. The third kappa shape index (κ3) is 5.16. The molecule has 1 aromatic carbocycles. The number of hydrogen-bond donors (Lipinski definition) is 2. The van der Waals surface area contributed by atoms with Crippen molar-refractivity contribution in [3.63, 3.8) is 0 Å². The zero-order valence-corrected chi connectivity index (χ0v) is 10.5. The second-order valence-electron chi connectivity index (χ2n) is 4.36. The highest BCUT2D eigenvalue weighted by atomic mass is 16.3. The SMILES string of the molecule is Cc1ccc(C(CO)C/C=C/CCCO)cc1. The van der Waals surface area contributed by atoms with E-state index in [0.717, 1.165) is 19.3 Å². The maximum atomic E-state index is 9.38. The van der Waals surface area contributed by atoms with Gasteiger partial charge in [0.15, 0.2) is 0 Å². The molecule has 0 aliphatic rings. The van der Waals surface area contributed by atoms with E-state index in [1.165, 1.54) is 11.1 Å². The van der Waals surface area contributed by atoms with Gasteiger partial charge < -0.3 is 10.2 Å². The van der Waals surface area contributed by atoms with E-state index in [2.05, 4.69) is 43.3 Å². The smallest absolute Gasteiger partial charge is 0.0502 e. The average Bonchev–Trinajstić information content (AvgIpc) is 2.35. The summed E-state index contributed by atoms with van der Waals surface area (Å²) in [7, 11) is 0. The molecule has 2 nitrogen and oxygen atoms in total. The standard InChI is InChI=1S/C15H22O2/c1-13-7-9-14(10-8-13)15(12-17)6-4-2-3-5-11-16/h2,4,7-10,15-17H,3,5-6,11-12H2,1H3/b4-2+. The van der Waals surface area contributed by atoms with Gasteiger partial charge in [0.05, 0.1) is 6.61 Å². The maximum Gasteiger partial charge on any atom is 0.0502 e. The molecule has 1 aromatic rings. The Kier molecular flexibility index (Phi) is 6.60. The van der Waals surface area contributed by atoms with Gasteiger partial charge >= 0.3 is 0 Å². The lowest BCUT2D eigenvalue weighted by Gasteiger charge is -2.12. The molecule has 0 bridgehead atoms. The molecule has 0 saturated carbocycles. The minimum absolute atomic E-state index is 0.174. The molecule has 0 spiro atoms. The van der Waals surface area contributed by atoms with Crippen molar-refractivity contribution in [1.82, 2.24) is 0 Å². The number of unbranched alkanes of at least 4 members (excludes halogenated alkanes) is 1. The van der Waals surface area contributed by atoms with Gasteiger partial charge in [-0.15, -0.1) is 0 Å².